The van der Waals surface area contributed by atoms with Crippen LogP contribution in [0.3, 0.4) is 0 Å². The van der Waals surface area contributed by atoms with E-state index in [1.165, 1.54) is 12.8 Å². The van der Waals surface area contributed by atoms with Crippen LogP contribution in [-0.4, -0.2) is 52.2 Å². The molecule has 1 saturated heterocycles. The number of carbonyl (C=O) groups is 1. The van der Waals surface area contributed by atoms with Gasteiger partial charge in [0, 0.05) is 37.7 Å². The van der Waals surface area contributed by atoms with E-state index in [4.69, 9.17) is 9.26 Å². The molecule has 0 N–H and O–H groups in total. The number of aromatic nitrogens is 3. The summed E-state index contributed by atoms with van der Waals surface area (Å²) >= 11 is 0. The van der Waals surface area contributed by atoms with Crippen LogP contribution in [-0.2, 0) is 11.2 Å². The molecule has 1 amide bonds. The monoisotopic (exact) mass is 392 g/mol. The molecule has 2 aliphatic rings. The molecule has 150 valence electrons. The van der Waals surface area contributed by atoms with Crippen LogP contribution < -0.4 is 0 Å². The molecule has 3 aromatic rings. The highest BCUT2D eigenvalue weighted by Crippen LogP contribution is 2.29. The number of amides is 1. The largest absolute Gasteiger partial charge is 0.381 e. The van der Waals surface area contributed by atoms with E-state index in [1.807, 2.05) is 35.2 Å². The van der Waals surface area contributed by atoms with E-state index in [9.17, 15) is 4.79 Å². The highest BCUT2D eigenvalue weighted by atomic mass is 16.5. The first kappa shape index (κ1) is 18.2. The summed E-state index contributed by atoms with van der Waals surface area (Å²) in [5.41, 5.74) is 0.503. The van der Waals surface area contributed by atoms with Gasteiger partial charge >= 0.3 is 0 Å². The Kier molecular flexibility index (Phi) is 4.97. The fourth-order valence-electron chi connectivity index (χ4n) is 3.82. The molecule has 0 radical (unpaired) electrons. The predicted octanol–water partition coefficient (Wildman–Crippen LogP) is 3.22. The van der Waals surface area contributed by atoms with Crippen molar-refractivity contribution in [1.82, 2.24) is 20.0 Å². The highest BCUT2D eigenvalue weighted by Gasteiger charge is 2.32. The van der Waals surface area contributed by atoms with Crippen molar-refractivity contribution in [3.63, 3.8) is 0 Å². The number of benzene rings is 1. The molecule has 0 spiro atoms. The van der Waals surface area contributed by atoms with Gasteiger partial charge in [-0.3, -0.25) is 9.78 Å². The van der Waals surface area contributed by atoms with Crippen LogP contribution in [0.5, 0.6) is 0 Å². The van der Waals surface area contributed by atoms with Crippen molar-refractivity contribution in [1.29, 1.82) is 0 Å². The zero-order valence-corrected chi connectivity index (χ0v) is 16.3. The van der Waals surface area contributed by atoms with Crippen LogP contribution in [0.1, 0.15) is 47.4 Å². The van der Waals surface area contributed by atoms with Crippen LogP contribution in [0.25, 0.3) is 10.8 Å². The smallest absolute Gasteiger partial charge is 0.273 e. The van der Waals surface area contributed by atoms with Crippen molar-refractivity contribution in [3.05, 3.63) is 53.9 Å². The van der Waals surface area contributed by atoms with Gasteiger partial charge in [0.25, 0.3) is 5.91 Å². The molecule has 2 fully saturated rings. The molecule has 7 heteroatoms. The van der Waals surface area contributed by atoms with Crippen LogP contribution in [0.4, 0.5) is 0 Å². The molecule has 3 heterocycles. The van der Waals surface area contributed by atoms with Gasteiger partial charge < -0.3 is 14.2 Å². The molecule has 7 nitrogen and oxygen atoms in total. The SMILES string of the molecule is O=C(c1nccc2ccccc12)N1CCC(c2nc(CCOCC3CC3)no2)C1. The minimum absolute atomic E-state index is 0.0440. The zero-order chi connectivity index (χ0) is 19.6. The maximum atomic E-state index is 13.1. The normalized spacial score (nSPS) is 19.2. The lowest BCUT2D eigenvalue weighted by molar-refractivity contribution is 0.0786. The first-order valence-corrected chi connectivity index (χ1v) is 10.3. The van der Waals surface area contributed by atoms with Gasteiger partial charge in [-0.15, -0.1) is 0 Å². The lowest BCUT2D eigenvalue weighted by Crippen LogP contribution is -2.29. The van der Waals surface area contributed by atoms with Gasteiger partial charge in [-0.2, -0.15) is 4.98 Å². The van der Waals surface area contributed by atoms with Crippen molar-refractivity contribution in [2.75, 3.05) is 26.3 Å². The summed E-state index contributed by atoms with van der Waals surface area (Å²) in [5.74, 6) is 2.08. The number of fused-ring (bicyclic) bond motifs is 1. The Hall–Kier alpha value is -2.80. The molecule has 5 rings (SSSR count). The van der Waals surface area contributed by atoms with Gasteiger partial charge in [-0.1, -0.05) is 29.4 Å². The fourth-order valence-corrected chi connectivity index (χ4v) is 3.82. The molecule has 1 unspecified atom stereocenters. The number of likely N-dealkylation sites (tertiary alicyclic amines) is 1. The number of rotatable bonds is 7. The summed E-state index contributed by atoms with van der Waals surface area (Å²) in [7, 11) is 0. The molecular weight excluding hydrogens is 368 g/mol. The Labute approximate surface area is 169 Å². The van der Waals surface area contributed by atoms with Crippen molar-refractivity contribution < 1.29 is 14.1 Å². The summed E-state index contributed by atoms with van der Waals surface area (Å²) < 4.78 is 11.1. The quantitative estimate of drug-likeness (QED) is 0.574. The standard InChI is InChI=1S/C22H24N4O3/c27-22(20-18-4-2-1-3-16(18)7-10-23-20)26-11-8-17(13-26)21-24-19(25-29-21)9-12-28-14-15-5-6-15/h1-4,7,10,15,17H,5-6,8-9,11-14H2. The second kappa shape index (κ2) is 7.91. The van der Waals surface area contributed by atoms with Gasteiger partial charge in [-0.25, -0.2) is 0 Å². The molecule has 1 atom stereocenters. The van der Waals surface area contributed by atoms with E-state index < -0.39 is 0 Å². The maximum absolute atomic E-state index is 13.1. The topological polar surface area (TPSA) is 81.4 Å². The fraction of sp³-hybridized carbons (Fsp3) is 0.455. The minimum atomic E-state index is -0.0440. The minimum Gasteiger partial charge on any atom is -0.381 e. The Balaban J connectivity index is 1.21. The summed E-state index contributed by atoms with van der Waals surface area (Å²) in [6, 6.07) is 9.76. The van der Waals surface area contributed by atoms with Gasteiger partial charge in [0.2, 0.25) is 5.89 Å². The summed E-state index contributed by atoms with van der Waals surface area (Å²) in [6.07, 6.45) is 5.75. The van der Waals surface area contributed by atoms with Crippen molar-refractivity contribution in [3.8, 4) is 0 Å². The van der Waals surface area contributed by atoms with Crippen LogP contribution in [0, 0.1) is 5.92 Å². The number of nitrogens with zero attached hydrogens (tertiary/aromatic N) is 4. The van der Waals surface area contributed by atoms with E-state index in [1.54, 1.807) is 6.20 Å². The van der Waals surface area contributed by atoms with E-state index in [0.29, 0.717) is 43.5 Å². The average Bonchev–Trinajstić information content (AvgIpc) is 3.25. The van der Waals surface area contributed by atoms with Gasteiger partial charge in [0.05, 0.1) is 12.5 Å². The Morgan fingerprint density at radius 2 is 2.10 bits per heavy atom. The molecule has 1 aromatic carbocycles. The number of pyridine rings is 1. The number of carbonyl (C=O) groups excluding carboxylic acids is 1. The first-order valence-electron chi connectivity index (χ1n) is 10.3. The van der Waals surface area contributed by atoms with Crippen molar-refractivity contribution >= 4 is 16.7 Å². The van der Waals surface area contributed by atoms with Gasteiger partial charge in [-0.05, 0) is 36.6 Å². The molecule has 2 aromatic heterocycles. The Morgan fingerprint density at radius 3 is 3.00 bits per heavy atom. The Morgan fingerprint density at radius 1 is 1.21 bits per heavy atom. The van der Waals surface area contributed by atoms with Crippen molar-refractivity contribution in [2.45, 2.75) is 31.6 Å². The summed E-state index contributed by atoms with van der Waals surface area (Å²) in [6.45, 7) is 2.70. The third-order valence-corrected chi connectivity index (χ3v) is 5.71. The lowest BCUT2D eigenvalue weighted by Gasteiger charge is -2.16. The lowest BCUT2D eigenvalue weighted by atomic mass is 10.1. The average molecular weight is 392 g/mol. The van der Waals surface area contributed by atoms with E-state index in [2.05, 4.69) is 15.1 Å². The van der Waals surface area contributed by atoms with Crippen LogP contribution >= 0.6 is 0 Å². The second-order valence-corrected chi connectivity index (χ2v) is 7.93. The van der Waals surface area contributed by atoms with Crippen LogP contribution in [0.2, 0.25) is 0 Å². The number of hydrogen-bond acceptors (Lipinski definition) is 6. The highest BCUT2D eigenvalue weighted by molar-refractivity contribution is 6.05. The number of hydrogen-bond donors (Lipinski definition) is 0. The van der Waals surface area contributed by atoms with Crippen molar-refractivity contribution in [2.24, 2.45) is 5.92 Å². The van der Waals surface area contributed by atoms with Gasteiger partial charge in [0.1, 0.15) is 5.69 Å². The first-order chi connectivity index (χ1) is 14.3. The van der Waals surface area contributed by atoms with Crippen LogP contribution in [0.15, 0.2) is 41.1 Å². The second-order valence-electron chi connectivity index (χ2n) is 7.93. The molecule has 1 saturated carbocycles. The Bertz CT molecular complexity index is 1010. The molecule has 0 bridgehead atoms. The molecule has 1 aliphatic heterocycles. The maximum Gasteiger partial charge on any atom is 0.273 e. The molecule has 1 aliphatic carbocycles. The van der Waals surface area contributed by atoms with Gasteiger partial charge in [0.15, 0.2) is 5.82 Å². The van der Waals surface area contributed by atoms with E-state index >= 15 is 0 Å². The third-order valence-electron chi connectivity index (χ3n) is 5.71. The predicted molar refractivity (Wildman–Crippen MR) is 107 cm³/mol. The molecule has 29 heavy (non-hydrogen) atoms. The summed E-state index contributed by atoms with van der Waals surface area (Å²) in [5, 5.41) is 5.98. The number of ether oxygens (including phenoxy) is 1. The third kappa shape index (κ3) is 4.00. The van der Waals surface area contributed by atoms with E-state index in [-0.39, 0.29) is 11.8 Å². The molecular formula is C22H24N4O3. The summed E-state index contributed by atoms with van der Waals surface area (Å²) in [4.78, 5) is 23.8. The zero-order valence-electron chi connectivity index (χ0n) is 16.3. The van der Waals surface area contributed by atoms with E-state index in [0.717, 1.165) is 29.7 Å².